The number of benzene rings is 6. The molecule has 1 aliphatic rings. The molecule has 3 heteroatoms. The minimum atomic E-state index is -0.195. The number of amidine groups is 1. The molecular formula is C35H27N3. The van der Waals surface area contributed by atoms with Gasteiger partial charge in [-0.15, -0.1) is 0 Å². The van der Waals surface area contributed by atoms with Crippen molar-refractivity contribution in [2.24, 2.45) is 4.99 Å². The number of nitrogens with one attached hydrogen (secondary N) is 2. The molecule has 3 nitrogen and oxygen atoms in total. The fourth-order valence-electron chi connectivity index (χ4n) is 5.54. The van der Waals surface area contributed by atoms with Crippen LogP contribution in [-0.2, 0) is 0 Å². The van der Waals surface area contributed by atoms with E-state index in [0.717, 1.165) is 17.0 Å². The van der Waals surface area contributed by atoms with Crippen LogP contribution in [0.4, 0.5) is 0 Å². The molecule has 0 amide bonds. The Morgan fingerprint density at radius 3 is 1.95 bits per heavy atom. The molecule has 2 unspecified atom stereocenters. The minimum Gasteiger partial charge on any atom is -0.350 e. The first-order valence-electron chi connectivity index (χ1n) is 13.1. The van der Waals surface area contributed by atoms with Crippen molar-refractivity contribution >= 4 is 27.4 Å². The summed E-state index contributed by atoms with van der Waals surface area (Å²) in [4.78, 5) is 5.31. The van der Waals surface area contributed by atoms with Gasteiger partial charge in [0.25, 0.3) is 0 Å². The van der Waals surface area contributed by atoms with E-state index in [-0.39, 0.29) is 12.3 Å². The third-order valence-corrected chi connectivity index (χ3v) is 7.36. The van der Waals surface area contributed by atoms with Crippen molar-refractivity contribution in [3.8, 4) is 11.1 Å². The summed E-state index contributed by atoms with van der Waals surface area (Å²) in [5.41, 5.74) is 5.81. The summed E-state index contributed by atoms with van der Waals surface area (Å²) in [6.45, 7) is 0. The molecule has 6 aromatic carbocycles. The maximum atomic E-state index is 5.31. The molecule has 182 valence electrons. The first kappa shape index (κ1) is 22.5. The van der Waals surface area contributed by atoms with Crippen molar-refractivity contribution in [1.82, 2.24) is 10.6 Å². The number of nitrogens with zero attached hydrogens (tertiary/aromatic N) is 1. The van der Waals surface area contributed by atoms with Gasteiger partial charge in [0.2, 0.25) is 0 Å². The smallest absolute Gasteiger partial charge is 0.133 e. The number of hydrogen-bond acceptors (Lipinski definition) is 3. The van der Waals surface area contributed by atoms with Crippen molar-refractivity contribution in [3.05, 3.63) is 156 Å². The van der Waals surface area contributed by atoms with Crippen molar-refractivity contribution in [2.75, 3.05) is 0 Å². The van der Waals surface area contributed by atoms with Crippen LogP contribution in [0.25, 0.3) is 32.7 Å². The van der Waals surface area contributed by atoms with Gasteiger partial charge < -0.3 is 5.32 Å². The van der Waals surface area contributed by atoms with Gasteiger partial charge in [-0.1, -0.05) is 140 Å². The number of rotatable bonds is 4. The highest BCUT2D eigenvalue weighted by atomic mass is 15.3. The summed E-state index contributed by atoms with van der Waals surface area (Å²) >= 11 is 0. The molecule has 0 saturated carbocycles. The average molecular weight is 490 g/mol. The monoisotopic (exact) mass is 489 g/mol. The lowest BCUT2D eigenvalue weighted by molar-refractivity contribution is 0.411. The second-order valence-corrected chi connectivity index (χ2v) is 9.68. The van der Waals surface area contributed by atoms with Crippen molar-refractivity contribution in [2.45, 2.75) is 12.3 Å². The van der Waals surface area contributed by atoms with Gasteiger partial charge in [0.1, 0.15) is 18.2 Å². The predicted octanol–water partition coefficient (Wildman–Crippen LogP) is 8.00. The number of hydrogen-bond donors (Lipinski definition) is 2. The highest BCUT2D eigenvalue weighted by Crippen LogP contribution is 2.35. The average Bonchev–Trinajstić information content (AvgIpc) is 3.01. The van der Waals surface area contributed by atoms with E-state index in [1.807, 2.05) is 0 Å². The Morgan fingerprint density at radius 2 is 1.16 bits per heavy atom. The highest BCUT2D eigenvalue weighted by Gasteiger charge is 2.28. The summed E-state index contributed by atoms with van der Waals surface area (Å²) in [5.74, 6) is 0.895. The molecule has 0 saturated heterocycles. The quantitative estimate of drug-likeness (QED) is 0.263. The molecule has 0 aliphatic carbocycles. The Bertz CT molecular complexity index is 1770. The second-order valence-electron chi connectivity index (χ2n) is 9.68. The van der Waals surface area contributed by atoms with Crippen LogP contribution in [-0.4, -0.2) is 5.84 Å². The van der Waals surface area contributed by atoms with Gasteiger partial charge in [-0.25, -0.2) is 4.99 Å². The van der Waals surface area contributed by atoms with Crippen LogP contribution in [0.15, 0.2) is 145 Å². The molecule has 0 fully saturated rings. The van der Waals surface area contributed by atoms with Gasteiger partial charge in [-0.05, 0) is 43.8 Å². The Labute approximate surface area is 222 Å². The fraction of sp³-hybridized carbons (Fsp3) is 0.0571. The number of fused-ring (bicyclic) bond motifs is 2. The largest absolute Gasteiger partial charge is 0.350 e. The van der Waals surface area contributed by atoms with Crippen LogP contribution in [0.2, 0.25) is 0 Å². The van der Waals surface area contributed by atoms with E-state index in [0.29, 0.717) is 0 Å². The van der Waals surface area contributed by atoms with Gasteiger partial charge in [-0.2, -0.15) is 0 Å². The molecular weight excluding hydrogens is 462 g/mol. The van der Waals surface area contributed by atoms with E-state index in [1.165, 1.54) is 38.2 Å². The van der Waals surface area contributed by atoms with Crippen LogP contribution in [0.1, 0.15) is 29.0 Å². The maximum Gasteiger partial charge on any atom is 0.133 e. The summed E-state index contributed by atoms with van der Waals surface area (Å²) < 4.78 is 0. The lowest BCUT2D eigenvalue weighted by Gasteiger charge is -2.33. The van der Waals surface area contributed by atoms with E-state index in [2.05, 4.69) is 150 Å². The maximum absolute atomic E-state index is 5.31. The third kappa shape index (κ3) is 4.03. The summed E-state index contributed by atoms with van der Waals surface area (Å²) in [6, 6.07) is 49.2. The standard InChI is InChI=1S/C35H27N3/c1-3-12-25(13-4-1)30-23-22-26-15-8-10-20-29(26)32(30)35-37-33(27-16-5-2-6-17-27)36-34(38-35)31-21-11-18-24-14-7-9-19-28(24)31/h1-23,33-34,36H,(H,37,38). The van der Waals surface area contributed by atoms with Crippen molar-refractivity contribution in [3.63, 3.8) is 0 Å². The Morgan fingerprint density at radius 1 is 0.526 bits per heavy atom. The molecule has 1 heterocycles. The second kappa shape index (κ2) is 9.62. The molecule has 2 N–H and O–H groups in total. The topological polar surface area (TPSA) is 36.4 Å². The summed E-state index contributed by atoms with van der Waals surface area (Å²) in [5, 5.41) is 12.4. The van der Waals surface area contributed by atoms with E-state index < -0.39 is 0 Å². The first-order chi connectivity index (χ1) is 18.8. The molecule has 38 heavy (non-hydrogen) atoms. The van der Waals surface area contributed by atoms with E-state index in [9.17, 15) is 0 Å². The van der Waals surface area contributed by atoms with E-state index >= 15 is 0 Å². The van der Waals surface area contributed by atoms with Crippen molar-refractivity contribution < 1.29 is 0 Å². The third-order valence-electron chi connectivity index (χ3n) is 7.36. The van der Waals surface area contributed by atoms with Crippen LogP contribution in [0, 0.1) is 0 Å². The zero-order valence-electron chi connectivity index (χ0n) is 20.9. The molecule has 0 spiro atoms. The summed E-state index contributed by atoms with van der Waals surface area (Å²) in [7, 11) is 0. The molecule has 6 aromatic rings. The Hall–Kier alpha value is -4.73. The molecule has 0 aromatic heterocycles. The normalized spacial score (nSPS) is 17.2. The SMILES string of the molecule is c1ccc(-c2ccc3ccccc3c2C2=NC(c3ccccc3)NC(c3cccc4ccccc34)N2)cc1. The molecule has 0 bridgehead atoms. The summed E-state index contributed by atoms with van der Waals surface area (Å²) in [6.07, 6.45) is -0.319. The van der Waals surface area contributed by atoms with Gasteiger partial charge in [0, 0.05) is 5.56 Å². The van der Waals surface area contributed by atoms with Gasteiger partial charge >= 0.3 is 0 Å². The molecule has 1 aliphatic heterocycles. The van der Waals surface area contributed by atoms with Crippen molar-refractivity contribution in [1.29, 1.82) is 0 Å². The predicted molar refractivity (Wildman–Crippen MR) is 158 cm³/mol. The van der Waals surface area contributed by atoms with E-state index in [1.54, 1.807) is 0 Å². The van der Waals surface area contributed by atoms with Crippen LogP contribution < -0.4 is 10.6 Å². The lowest BCUT2D eigenvalue weighted by atomic mass is 9.92. The van der Waals surface area contributed by atoms with Crippen LogP contribution >= 0.6 is 0 Å². The van der Waals surface area contributed by atoms with Gasteiger partial charge in [-0.3, -0.25) is 5.32 Å². The fourth-order valence-corrected chi connectivity index (χ4v) is 5.54. The minimum absolute atomic E-state index is 0.124. The number of aliphatic imine (C=N–C) groups is 1. The first-order valence-corrected chi connectivity index (χ1v) is 13.1. The van der Waals surface area contributed by atoms with Crippen LogP contribution in [0.5, 0.6) is 0 Å². The van der Waals surface area contributed by atoms with Gasteiger partial charge in [0.15, 0.2) is 0 Å². The molecule has 0 radical (unpaired) electrons. The van der Waals surface area contributed by atoms with E-state index in [4.69, 9.17) is 4.99 Å². The zero-order valence-corrected chi connectivity index (χ0v) is 20.9. The Balaban J connectivity index is 1.46. The van der Waals surface area contributed by atoms with Gasteiger partial charge in [0.05, 0.1) is 0 Å². The Kier molecular flexibility index (Phi) is 5.69. The molecule has 7 rings (SSSR count). The highest BCUT2D eigenvalue weighted by molar-refractivity contribution is 6.15. The molecule has 2 atom stereocenters. The lowest BCUT2D eigenvalue weighted by Crippen LogP contribution is -2.45. The van der Waals surface area contributed by atoms with Crippen LogP contribution in [0.3, 0.4) is 0 Å². The zero-order chi connectivity index (χ0) is 25.3.